The SMILES string of the molecule is C=CC1=C(C=C)c2ccc(C)cc2NS1. The molecule has 0 saturated heterocycles. The number of nitrogens with one attached hydrogen (secondary N) is 1. The van der Waals surface area contributed by atoms with Crippen LogP contribution in [0.3, 0.4) is 0 Å². The normalized spacial score (nSPS) is 14.2. The lowest BCUT2D eigenvalue weighted by molar-refractivity contribution is 1.45. The van der Waals surface area contributed by atoms with Gasteiger partial charge in [-0.1, -0.05) is 37.4 Å². The summed E-state index contributed by atoms with van der Waals surface area (Å²) in [4.78, 5) is 1.13. The van der Waals surface area contributed by atoms with Crippen LogP contribution in [0.1, 0.15) is 11.1 Å². The van der Waals surface area contributed by atoms with Gasteiger partial charge in [0.05, 0.1) is 5.69 Å². The molecule has 1 aliphatic rings. The van der Waals surface area contributed by atoms with E-state index in [0.717, 1.165) is 16.2 Å². The Morgan fingerprint density at radius 2 is 2.07 bits per heavy atom. The van der Waals surface area contributed by atoms with Gasteiger partial charge in [-0.25, -0.2) is 0 Å². The highest BCUT2D eigenvalue weighted by molar-refractivity contribution is 8.04. The van der Waals surface area contributed by atoms with Gasteiger partial charge in [-0.05, 0) is 36.1 Å². The predicted octanol–water partition coefficient (Wildman–Crippen LogP) is 4.15. The standard InChI is InChI=1S/C13H13NS/c1-4-10-11-7-6-9(3)8-12(11)14-15-13(10)5-2/h4-8,14H,1-2H2,3H3. The molecule has 1 aromatic carbocycles. The topological polar surface area (TPSA) is 12.0 Å². The highest BCUT2D eigenvalue weighted by Gasteiger charge is 2.15. The van der Waals surface area contributed by atoms with Crippen LogP contribution in [0.2, 0.25) is 0 Å². The molecule has 2 heteroatoms. The summed E-state index contributed by atoms with van der Waals surface area (Å²) in [5.74, 6) is 0. The van der Waals surface area contributed by atoms with Crippen molar-refractivity contribution in [2.45, 2.75) is 6.92 Å². The Morgan fingerprint density at radius 1 is 1.27 bits per heavy atom. The highest BCUT2D eigenvalue weighted by Crippen LogP contribution is 2.39. The number of hydrogen-bond acceptors (Lipinski definition) is 2. The number of benzene rings is 1. The Morgan fingerprint density at radius 3 is 2.73 bits per heavy atom. The smallest absolute Gasteiger partial charge is 0.0525 e. The van der Waals surface area contributed by atoms with Gasteiger partial charge in [0.1, 0.15) is 0 Å². The van der Waals surface area contributed by atoms with E-state index in [9.17, 15) is 0 Å². The van der Waals surface area contributed by atoms with E-state index in [1.165, 1.54) is 11.1 Å². The van der Waals surface area contributed by atoms with Crippen LogP contribution >= 0.6 is 11.9 Å². The molecule has 2 rings (SSSR count). The van der Waals surface area contributed by atoms with Crippen molar-refractivity contribution >= 4 is 23.2 Å². The first-order valence-corrected chi connectivity index (χ1v) is 5.61. The maximum absolute atomic E-state index is 3.86. The van der Waals surface area contributed by atoms with Gasteiger partial charge in [-0.15, -0.1) is 0 Å². The van der Waals surface area contributed by atoms with Crippen LogP contribution in [0.25, 0.3) is 5.57 Å². The first-order valence-electron chi connectivity index (χ1n) is 4.79. The Labute approximate surface area is 94.7 Å². The Balaban J connectivity index is 2.62. The van der Waals surface area contributed by atoms with E-state index < -0.39 is 0 Å². The van der Waals surface area contributed by atoms with Gasteiger partial charge in [0, 0.05) is 10.5 Å². The lowest BCUT2D eigenvalue weighted by Gasteiger charge is -2.20. The number of fused-ring (bicyclic) bond motifs is 1. The molecule has 76 valence electrons. The van der Waals surface area contributed by atoms with Crippen LogP contribution in [0.15, 0.2) is 48.4 Å². The van der Waals surface area contributed by atoms with E-state index in [1.54, 1.807) is 11.9 Å². The first kappa shape index (κ1) is 10.1. The van der Waals surface area contributed by atoms with Gasteiger partial charge in [0.2, 0.25) is 0 Å². The minimum atomic E-state index is 1.13. The molecule has 1 aliphatic heterocycles. The third-order valence-electron chi connectivity index (χ3n) is 2.39. The summed E-state index contributed by atoms with van der Waals surface area (Å²) >= 11 is 1.59. The summed E-state index contributed by atoms with van der Waals surface area (Å²) in [5.41, 5.74) is 4.76. The molecule has 0 saturated carbocycles. The summed E-state index contributed by atoms with van der Waals surface area (Å²) in [5, 5.41) is 0. The van der Waals surface area contributed by atoms with E-state index in [0.29, 0.717) is 0 Å². The first-order chi connectivity index (χ1) is 7.26. The summed E-state index contributed by atoms with van der Waals surface area (Å²) in [6.45, 7) is 9.75. The molecule has 0 amide bonds. The molecule has 0 aliphatic carbocycles. The molecule has 15 heavy (non-hydrogen) atoms. The maximum atomic E-state index is 3.86. The minimum absolute atomic E-state index is 1.13. The average molecular weight is 215 g/mol. The van der Waals surface area contributed by atoms with Crippen LogP contribution < -0.4 is 4.72 Å². The van der Waals surface area contributed by atoms with E-state index in [-0.39, 0.29) is 0 Å². The molecular weight excluding hydrogens is 202 g/mol. The van der Waals surface area contributed by atoms with Crippen molar-refractivity contribution in [2.75, 3.05) is 4.72 Å². The van der Waals surface area contributed by atoms with Crippen molar-refractivity contribution in [1.29, 1.82) is 0 Å². The second-order valence-corrected chi connectivity index (χ2v) is 4.29. The molecule has 0 spiro atoms. The van der Waals surface area contributed by atoms with Crippen LogP contribution in [-0.2, 0) is 0 Å². The largest absolute Gasteiger partial charge is 0.325 e. The van der Waals surface area contributed by atoms with Crippen molar-refractivity contribution in [2.24, 2.45) is 0 Å². The molecule has 1 nitrogen and oxygen atoms in total. The highest BCUT2D eigenvalue weighted by atomic mass is 32.2. The molecule has 0 radical (unpaired) electrons. The third kappa shape index (κ3) is 1.73. The fourth-order valence-corrected chi connectivity index (χ4v) is 2.41. The van der Waals surface area contributed by atoms with Gasteiger partial charge in [0.25, 0.3) is 0 Å². The molecule has 0 fully saturated rings. The average Bonchev–Trinajstić information content (AvgIpc) is 2.27. The van der Waals surface area contributed by atoms with E-state index in [1.807, 2.05) is 12.2 Å². The number of rotatable bonds is 2. The predicted molar refractivity (Wildman–Crippen MR) is 69.7 cm³/mol. The quantitative estimate of drug-likeness (QED) is 0.744. The zero-order valence-electron chi connectivity index (χ0n) is 8.71. The number of allylic oxidation sites excluding steroid dienone is 3. The molecule has 0 aromatic heterocycles. The van der Waals surface area contributed by atoms with Gasteiger partial charge in [-0.2, -0.15) is 0 Å². The molecule has 1 aromatic rings. The zero-order valence-corrected chi connectivity index (χ0v) is 9.53. The fraction of sp³-hybridized carbons (Fsp3) is 0.0769. The lowest BCUT2D eigenvalue weighted by atomic mass is 10.0. The van der Waals surface area contributed by atoms with Crippen molar-refractivity contribution in [1.82, 2.24) is 0 Å². The molecule has 1 heterocycles. The maximum Gasteiger partial charge on any atom is 0.0525 e. The monoisotopic (exact) mass is 215 g/mol. The third-order valence-corrected chi connectivity index (χ3v) is 3.32. The van der Waals surface area contributed by atoms with Crippen LogP contribution in [0.5, 0.6) is 0 Å². The zero-order chi connectivity index (χ0) is 10.8. The Bertz CT molecular complexity index is 458. The number of hydrogen-bond donors (Lipinski definition) is 1. The number of aryl methyl sites for hydroxylation is 1. The second kappa shape index (κ2) is 3.99. The molecule has 0 unspecified atom stereocenters. The van der Waals surface area contributed by atoms with Crippen molar-refractivity contribution < 1.29 is 0 Å². The van der Waals surface area contributed by atoms with Gasteiger partial charge >= 0.3 is 0 Å². The van der Waals surface area contributed by atoms with Gasteiger partial charge < -0.3 is 4.72 Å². The summed E-state index contributed by atoms with van der Waals surface area (Å²) in [6.07, 6.45) is 3.75. The van der Waals surface area contributed by atoms with Crippen molar-refractivity contribution in [3.63, 3.8) is 0 Å². The molecule has 0 bridgehead atoms. The van der Waals surface area contributed by atoms with E-state index >= 15 is 0 Å². The summed E-state index contributed by atoms with van der Waals surface area (Å²) in [7, 11) is 0. The van der Waals surface area contributed by atoms with Crippen molar-refractivity contribution in [3.05, 3.63) is 59.5 Å². The van der Waals surface area contributed by atoms with Crippen molar-refractivity contribution in [3.8, 4) is 0 Å². The van der Waals surface area contributed by atoms with Crippen LogP contribution in [0, 0.1) is 6.92 Å². The second-order valence-electron chi connectivity index (χ2n) is 3.44. The Hall–Kier alpha value is -1.41. The van der Waals surface area contributed by atoms with Gasteiger partial charge in [-0.3, -0.25) is 0 Å². The van der Waals surface area contributed by atoms with Crippen LogP contribution in [-0.4, -0.2) is 0 Å². The lowest BCUT2D eigenvalue weighted by Crippen LogP contribution is -2.01. The van der Waals surface area contributed by atoms with E-state index in [2.05, 4.69) is 43.0 Å². The molecule has 1 N–H and O–H groups in total. The number of anilines is 1. The minimum Gasteiger partial charge on any atom is -0.325 e. The van der Waals surface area contributed by atoms with Gasteiger partial charge in [0.15, 0.2) is 0 Å². The van der Waals surface area contributed by atoms with E-state index in [4.69, 9.17) is 0 Å². The fourth-order valence-electron chi connectivity index (χ4n) is 1.64. The summed E-state index contributed by atoms with van der Waals surface area (Å²) in [6, 6.07) is 6.38. The Kier molecular flexibility index (Phi) is 2.69. The molecule has 0 atom stereocenters. The molecular formula is C13H13NS. The summed E-state index contributed by atoms with van der Waals surface area (Å²) < 4.78 is 3.31. The van der Waals surface area contributed by atoms with Crippen LogP contribution in [0.4, 0.5) is 5.69 Å².